The Morgan fingerprint density at radius 1 is 1.23 bits per heavy atom. The van der Waals surface area contributed by atoms with E-state index in [0.717, 1.165) is 23.1 Å². The summed E-state index contributed by atoms with van der Waals surface area (Å²) in [6.45, 7) is 0. The molecule has 0 radical (unpaired) electrons. The summed E-state index contributed by atoms with van der Waals surface area (Å²) in [5, 5.41) is 10.4. The number of hydrogen-bond donors (Lipinski definition) is 2. The zero-order valence-corrected chi connectivity index (χ0v) is 14.7. The second-order valence-corrected chi connectivity index (χ2v) is 6.82. The maximum absolute atomic E-state index is 13.4. The van der Waals surface area contributed by atoms with Crippen LogP contribution in [0.3, 0.4) is 0 Å². The first-order valence-corrected chi connectivity index (χ1v) is 8.52. The average Bonchev–Trinajstić information content (AvgIpc) is 3.32. The molecule has 2 heterocycles. The summed E-state index contributed by atoms with van der Waals surface area (Å²) in [6, 6.07) is 4.61. The van der Waals surface area contributed by atoms with Gasteiger partial charge in [-0.05, 0) is 42.7 Å². The molecule has 1 aromatic carbocycles. The fourth-order valence-electron chi connectivity index (χ4n) is 2.71. The maximum Gasteiger partial charge on any atom is 0.280 e. The van der Waals surface area contributed by atoms with Gasteiger partial charge < -0.3 is 10.6 Å². The summed E-state index contributed by atoms with van der Waals surface area (Å²) in [7, 11) is 0. The normalized spacial score (nSPS) is 15.5. The highest BCUT2D eigenvalue weighted by molar-refractivity contribution is 6.35. The van der Waals surface area contributed by atoms with Gasteiger partial charge >= 0.3 is 0 Å². The molecule has 0 saturated heterocycles. The molecule has 1 fully saturated rings. The topological polar surface area (TPSA) is 59.0 Å². The van der Waals surface area contributed by atoms with E-state index in [4.69, 9.17) is 23.2 Å². The predicted molar refractivity (Wildman–Crippen MR) is 96.8 cm³/mol. The third kappa shape index (κ3) is 3.20. The Balaban J connectivity index is 1.68. The summed E-state index contributed by atoms with van der Waals surface area (Å²) < 4.78 is 27.8. The molecule has 5 nitrogen and oxygen atoms in total. The second-order valence-electron chi connectivity index (χ2n) is 5.94. The molecule has 2 aromatic rings. The van der Waals surface area contributed by atoms with Gasteiger partial charge in [-0.3, -0.25) is 4.79 Å². The smallest absolute Gasteiger partial charge is 0.280 e. The first kappa shape index (κ1) is 17.1. The van der Waals surface area contributed by atoms with E-state index in [2.05, 4.69) is 15.7 Å². The van der Waals surface area contributed by atoms with E-state index in [1.807, 2.05) is 0 Å². The van der Waals surface area contributed by atoms with Crippen LogP contribution in [0.4, 0.5) is 20.3 Å². The van der Waals surface area contributed by atoms with Crippen molar-refractivity contribution in [2.24, 2.45) is 0 Å². The molecule has 4 rings (SSSR count). The highest BCUT2D eigenvalue weighted by Crippen LogP contribution is 2.38. The monoisotopic (exact) mass is 396 g/mol. The van der Waals surface area contributed by atoms with Gasteiger partial charge in [0.1, 0.15) is 17.1 Å². The summed E-state index contributed by atoms with van der Waals surface area (Å²) in [4.78, 5) is 12.6. The third-order valence-electron chi connectivity index (χ3n) is 4.03. The SMILES string of the molecule is O=C(Nc1cc(Cl)cc(Cl)c1)c1cnn2c1NC(=C1CC1)C=C2C(F)F. The Hall–Kier alpha value is -2.38. The largest absolute Gasteiger partial charge is 0.339 e. The number of nitrogens with zero attached hydrogens (tertiary/aromatic N) is 2. The number of nitrogens with one attached hydrogen (secondary N) is 2. The predicted octanol–water partition coefficient (Wildman–Crippen LogP) is 5.02. The van der Waals surface area contributed by atoms with E-state index in [0.29, 0.717) is 21.4 Å². The average molecular weight is 397 g/mol. The van der Waals surface area contributed by atoms with Crippen molar-refractivity contribution in [3.8, 4) is 0 Å². The summed E-state index contributed by atoms with van der Waals surface area (Å²) in [6.07, 6.45) is 1.62. The number of amides is 1. The minimum Gasteiger partial charge on any atom is -0.339 e. The number of hydrogen-bond acceptors (Lipinski definition) is 3. The van der Waals surface area contributed by atoms with Crippen LogP contribution in [-0.4, -0.2) is 22.1 Å². The van der Waals surface area contributed by atoms with Crippen molar-refractivity contribution < 1.29 is 13.6 Å². The molecule has 1 aromatic heterocycles. The van der Waals surface area contributed by atoms with E-state index < -0.39 is 12.3 Å². The first-order valence-electron chi connectivity index (χ1n) is 7.77. The number of fused-ring (bicyclic) bond motifs is 1. The highest BCUT2D eigenvalue weighted by atomic mass is 35.5. The van der Waals surface area contributed by atoms with Gasteiger partial charge in [-0.25, -0.2) is 13.5 Å². The highest BCUT2D eigenvalue weighted by Gasteiger charge is 2.30. The molecule has 2 aliphatic rings. The lowest BCUT2D eigenvalue weighted by atomic mass is 10.2. The molecule has 1 saturated carbocycles. The molecule has 1 amide bonds. The number of halogens is 4. The van der Waals surface area contributed by atoms with Crippen LogP contribution < -0.4 is 10.6 Å². The second kappa shape index (κ2) is 6.41. The van der Waals surface area contributed by atoms with Crippen molar-refractivity contribution in [2.75, 3.05) is 10.6 Å². The van der Waals surface area contributed by atoms with E-state index in [1.54, 1.807) is 0 Å². The molecular formula is C17H12Cl2F2N4O. The van der Waals surface area contributed by atoms with E-state index in [9.17, 15) is 13.6 Å². The van der Waals surface area contributed by atoms with Gasteiger partial charge in [0.2, 0.25) is 0 Å². The lowest BCUT2D eigenvalue weighted by Gasteiger charge is -2.20. The molecule has 134 valence electrons. The minimum atomic E-state index is -2.72. The van der Waals surface area contributed by atoms with Crippen molar-refractivity contribution in [3.05, 3.63) is 57.4 Å². The van der Waals surface area contributed by atoms with Crippen LogP contribution in [-0.2, 0) is 0 Å². The Morgan fingerprint density at radius 3 is 2.54 bits per heavy atom. The summed E-state index contributed by atoms with van der Waals surface area (Å²) in [5.41, 5.74) is 1.93. The fourth-order valence-corrected chi connectivity index (χ4v) is 3.23. The van der Waals surface area contributed by atoms with Gasteiger partial charge in [-0.1, -0.05) is 23.2 Å². The van der Waals surface area contributed by atoms with Crippen LogP contribution >= 0.6 is 23.2 Å². The minimum absolute atomic E-state index is 0.145. The third-order valence-corrected chi connectivity index (χ3v) is 4.47. The van der Waals surface area contributed by atoms with Gasteiger partial charge in [0, 0.05) is 21.4 Å². The van der Waals surface area contributed by atoms with Gasteiger partial charge in [0.25, 0.3) is 12.3 Å². The molecule has 0 spiro atoms. The van der Waals surface area contributed by atoms with Crippen LogP contribution in [0.2, 0.25) is 10.0 Å². The van der Waals surface area contributed by atoms with Crippen LogP contribution in [0.1, 0.15) is 23.2 Å². The molecule has 1 aliphatic heterocycles. The number of carbonyl (C=O) groups is 1. The summed E-state index contributed by atoms with van der Waals surface area (Å²) >= 11 is 11.9. The van der Waals surface area contributed by atoms with Crippen LogP contribution in [0, 0.1) is 0 Å². The Labute approximate surface area is 157 Å². The fraction of sp³-hybridized carbons (Fsp3) is 0.176. The van der Waals surface area contributed by atoms with Crippen molar-refractivity contribution in [1.82, 2.24) is 9.78 Å². The molecule has 2 N–H and O–H groups in total. The van der Waals surface area contributed by atoms with Gasteiger partial charge in [0.15, 0.2) is 0 Å². The molecule has 26 heavy (non-hydrogen) atoms. The van der Waals surface area contributed by atoms with Crippen molar-refractivity contribution >= 4 is 46.3 Å². The summed E-state index contributed by atoms with van der Waals surface area (Å²) in [5.74, 6) is -0.296. The first-order chi connectivity index (χ1) is 12.4. The quantitative estimate of drug-likeness (QED) is 0.765. The molecular weight excluding hydrogens is 385 g/mol. The molecule has 0 atom stereocenters. The lowest BCUT2D eigenvalue weighted by molar-refractivity contribution is 0.102. The van der Waals surface area contributed by atoms with Crippen LogP contribution in [0.25, 0.3) is 5.70 Å². The molecule has 9 heteroatoms. The number of aromatic nitrogens is 2. The Kier molecular flexibility index (Phi) is 4.20. The molecule has 1 aliphatic carbocycles. The molecule has 0 bridgehead atoms. The number of anilines is 2. The van der Waals surface area contributed by atoms with Gasteiger partial charge in [-0.2, -0.15) is 5.10 Å². The van der Waals surface area contributed by atoms with Crippen LogP contribution in [0.15, 0.2) is 41.7 Å². The van der Waals surface area contributed by atoms with Crippen LogP contribution in [0.5, 0.6) is 0 Å². The molecule has 0 unspecified atom stereocenters. The van der Waals surface area contributed by atoms with E-state index >= 15 is 0 Å². The standard InChI is InChI=1S/C17H12Cl2F2N4O/c18-9-3-10(19)5-11(4-9)23-17(26)12-7-22-25-14(15(20)21)6-13(8-1-2-8)24-16(12)25/h3-7,15,24H,1-2H2,(H,23,26). The number of benzene rings is 1. The number of carbonyl (C=O) groups excluding carboxylic acids is 1. The van der Waals surface area contributed by atoms with Crippen molar-refractivity contribution in [2.45, 2.75) is 19.3 Å². The van der Waals surface area contributed by atoms with Gasteiger partial charge in [0.05, 0.1) is 6.20 Å². The maximum atomic E-state index is 13.4. The Bertz CT molecular complexity index is 955. The zero-order valence-electron chi connectivity index (χ0n) is 13.2. The number of rotatable bonds is 3. The zero-order chi connectivity index (χ0) is 18.4. The van der Waals surface area contributed by atoms with Crippen molar-refractivity contribution in [1.29, 1.82) is 0 Å². The lowest BCUT2D eigenvalue weighted by Crippen LogP contribution is -2.20. The van der Waals surface area contributed by atoms with Gasteiger partial charge in [-0.15, -0.1) is 0 Å². The van der Waals surface area contributed by atoms with E-state index in [-0.39, 0.29) is 17.1 Å². The Morgan fingerprint density at radius 2 is 1.92 bits per heavy atom. The van der Waals surface area contributed by atoms with Crippen molar-refractivity contribution in [3.63, 3.8) is 0 Å². The number of alkyl halides is 2. The van der Waals surface area contributed by atoms with E-state index in [1.165, 1.54) is 30.5 Å². The number of allylic oxidation sites excluding steroid dienone is 3.